The van der Waals surface area contributed by atoms with Crippen LogP contribution < -0.4 is 0 Å². The summed E-state index contributed by atoms with van der Waals surface area (Å²) in [4.78, 5) is 0.956. The molecule has 1 aromatic heterocycles. The molecule has 0 saturated heterocycles. The molecule has 0 N–H and O–H groups in total. The van der Waals surface area contributed by atoms with E-state index in [4.69, 9.17) is 0 Å². The van der Waals surface area contributed by atoms with Crippen LogP contribution in [-0.4, -0.2) is 9.59 Å². The van der Waals surface area contributed by atoms with Gasteiger partial charge in [0.2, 0.25) is 0 Å². The van der Waals surface area contributed by atoms with Crippen LogP contribution >= 0.6 is 11.5 Å². The molecule has 9 heavy (non-hydrogen) atoms. The van der Waals surface area contributed by atoms with Crippen molar-refractivity contribution in [2.24, 2.45) is 0 Å². The maximum Gasteiger partial charge on any atom is 0.134 e. The van der Waals surface area contributed by atoms with E-state index in [0.717, 1.165) is 11.3 Å². The molecule has 0 amide bonds. The predicted octanol–water partition coefficient (Wildman–Crippen LogP) is 1.57. The zero-order valence-corrected chi connectivity index (χ0v) is 5.91. The molecule has 0 aromatic carbocycles. The Kier molecular flexibility index (Phi) is 2.10. The molecule has 0 aliphatic heterocycles. The maximum atomic E-state index is 11.9. The summed E-state index contributed by atoms with van der Waals surface area (Å²) >= 11 is 1.27. The van der Waals surface area contributed by atoms with Gasteiger partial charge < -0.3 is 0 Å². The van der Waals surface area contributed by atoms with Gasteiger partial charge in [-0.2, -0.15) is 0 Å². The summed E-state index contributed by atoms with van der Waals surface area (Å²) in [7, 11) is 0. The van der Waals surface area contributed by atoms with E-state index in [-0.39, 0.29) is 0 Å². The van der Waals surface area contributed by atoms with Crippen molar-refractivity contribution in [2.45, 2.75) is 20.0 Å². The first-order valence-corrected chi connectivity index (χ1v) is 3.52. The van der Waals surface area contributed by atoms with Gasteiger partial charge in [-0.3, -0.25) is 0 Å². The molecule has 0 aliphatic carbocycles. The highest BCUT2D eigenvalue weighted by Gasteiger charge is 2.02. The quantitative estimate of drug-likeness (QED) is 0.633. The van der Waals surface area contributed by atoms with E-state index in [1.54, 1.807) is 0 Å². The second-order valence-electron chi connectivity index (χ2n) is 1.63. The number of aryl methyl sites for hydroxylation is 1. The standard InChI is InChI=1S/C5H7FN2S/c1-2-5-4(3-6)7-8-9-5/h2-3H2,1H3. The molecule has 0 aliphatic rings. The van der Waals surface area contributed by atoms with Crippen molar-refractivity contribution in [3.63, 3.8) is 0 Å². The molecule has 1 heterocycles. The molecular weight excluding hydrogens is 139 g/mol. The fourth-order valence-electron chi connectivity index (χ4n) is 0.597. The first kappa shape index (κ1) is 6.61. The van der Waals surface area contributed by atoms with Crippen molar-refractivity contribution < 1.29 is 4.39 Å². The van der Waals surface area contributed by atoms with Crippen LogP contribution in [0.5, 0.6) is 0 Å². The molecule has 0 radical (unpaired) electrons. The Morgan fingerprint density at radius 3 is 2.89 bits per heavy atom. The third-order valence-electron chi connectivity index (χ3n) is 1.08. The molecule has 50 valence electrons. The Labute approximate surface area is 56.9 Å². The van der Waals surface area contributed by atoms with Gasteiger partial charge in [-0.15, -0.1) is 5.10 Å². The van der Waals surface area contributed by atoms with Crippen LogP contribution in [0.15, 0.2) is 0 Å². The Hall–Kier alpha value is -0.510. The van der Waals surface area contributed by atoms with Crippen molar-refractivity contribution in [1.29, 1.82) is 0 Å². The topological polar surface area (TPSA) is 25.8 Å². The zero-order chi connectivity index (χ0) is 6.69. The molecule has 0 spiro atoms. The van der Waals surface area contributed by atoms with Gasteiger partial charge in [0.1, 0.15) is 12.4 Å². The molecule has 0 atom stereocenters. The molecule has 4 heteroatoms. The van der Waals surface area contributed by atoms with Gasteiger partial charge in [0, 0.05) is 0 Å². The maximum absolute atomic E-state index is 11.9. The van der Waals surface area contributed by atoms with Crippen molar-refractivity contribution in [1.82, 2.24) is 9.59 Å². The van der Waals surface area contributed by atoms with Crippen LogP contribution in [0.3, 0.4) is 0 Å². The lowest BCUT2D eigenvalue weighted by molar-refractivity contribution is 0.473. The minimum absolute atomic E-state index is 0.486. The highest BCUT2D eigenvalue weighted by molar-refractivity contribution is 7.05. The van der Waals surface area contributed by atoms with E-state index in [0.29, 0.717) is 5.69 Å². The Morgan fingerprint density at radius 2 is 2.44 bits per heavy atom. The zero-order valence-electron chi connectivity index (χ0n) is 5.09. The van der Waals surface area contributed by atoms with Gasteiger partial charge in [0.05, 0.1) is 4.88 Å². The van der Waals surface area contributed by atoms with E-state index in [2.05, 4.69) is 9.59 Å². The fourth-order valence-corrected chi connectivity index (χ4v) is 1.17. The van der Waals surface area contributed by atoms with E-state index < -0.39 is 6.67 Å². The van der Waals surface area contributed by atoms with Crippen LogP contribution in [0.2, 0.25) is 0 Å². The van der Waals surface area contributed by atoms with Crippen molar-refractivity contribution in [3.05, 3.63) is 10.6 Å². The normalized spacial score (nSPS) is 10.0. The Balaban J connectivity index is 2.85. The first-order valence-electron chi connectivity index (χ1n) is 2.74. The molecule has 0 unspecified atom stereocenters. The van der Waals surface area contributed by atoms with Gasteiger partial charge in [-0.1, -0.05) is 11.4 Å². The summed E-state index contributed by atoms with van der Waals surface area (Å²) in [5, 5.41) is 3.60. The SMILES string of the molecule is CCc1snnc1CF. The van der Waals surface area contributed by atoms with Crippen LogP contribution in [0, 0.1) is 0 Å². The van der Waals surface area contributed by atoms with Crippen LogP contribution in [-0.2, 0) is 13.1 Å². The predicted molar refractivity (Wildman–Crippen MR) is 34.1 cm³/mol. The molecular formula is C5H7FN2S. The van der Waals surface area contributed by atoms with E-state index >= 15 is 0 Å². The summed E-state index contributed by atoms with van der Waals surface area (Å²) in [6, 6.07) is 0. The number of aromatic nitrogens is 2. The van der Waals surface area contributed by atoms with E-state index in [1.807, 2.05) is 6.92 Å². The second-order valence-corrected chi connectivity index (χ2v) is 2.47. The fraction of sp³-hybridized carbons (Fsp3) is 0.600. The van der Waals surface area contributed by atoms with Gasteiger partial charge in [0.15, 0.2) is 0 Å². The lowest BCUT2D eigenvalue weighted by Crippen LogP contribution is -1.83. The molecule has 2 nitrogen and oxygen atoms in total. The minimum atomic E-state index is -0.486. The summed E-state index contributed by atoms with van der Waals surface area (Å²) in [5.74, 6) is 0. The Bertz CT molecular complexity index is 168. The van der Waals surface area contributed by atoms with Gasteiger partial charge in [-0.05, 0) is 18.0 Å². The average molecular weight is 146 g/mol. The number of alkyl halides is 1. The van der Waals surface area contributed by atoms with Gasteiger partial charge >= 0.3 is 0 Å². The Morgan fingerprint density at radius 1 is 1.67 bits per heavy atom. The third kappa shape index (κ3) is 1.24. The van der Waals surface area contributed by atoms with Crippen molar-refractivity contribution >= 4 is 11.5 Å². The van der Waals surface area contributed by atoms with E-state index in [9.17, 15) is 4.39 Å². The molecule has 0 saturated carbocycles. The highest BCUT2D eigenvalue weighted by atomic mass is 32.1. The lowest BCUT2D eigenvalue weighted by Gasteiger charge is -1.86. The summed E-state index contributed by atoms with van der Waals surface area (Å²) in [5.41, 5.74) is 0.502. The van der Waals surface area contributed by atoms with Crippen LogP contribution in [0.25, 0.3) is 0 Å². The van der Waals surface area contributed by atoms with Gasteiger partial charge in [-0.25, -0.2) is 4.39 Å². The monoisotopic (exact) mass is 146 g/mol. The summed E-state index contributed by atoms with van der Waals surface area (Å²) in [6.07, 6.45) is 0.830. The van der Waals surface area contributed by atoms with Crippen LogP contribution in [0.1, 0.15) is 17.5 Å². The second kappa shape index (κ2) is 2.87. The van der Waals surface area contributed by atoms with E-state index in [1.165, 1.54) is 11.5 Å². The molecule has 1 rings (SSSR count). The van der Waals surface area contributed by atoms with Crippen LogP contribution in [0.4, 0.5) is 4.39 Å². The lowest BCUT2D eigenvalue weighted by atomic mass is 10.3. The largest absolute Gasteiger partial charge is 0.244 e. The number of nitrogens with zero attached hydrogens (tertiary/aromatic N) is 2. The third-order valence-corrected chi connectivity index (χ3v) is 1.99. The van der Waals surface area contributed by atoms with Crippen molar-refractivity contribution in [3.8, 4) is 0 Å². The first-order chi connectivity index (χ1) is 4.38. The number of halogens is 1. The van der Waals surface area contributed by atoms with Crippen molar-refractivity contribution in [2.75, 3.05) is 0 Å². The summed E-state index contributed by atoms with van der Waals surface area (Å²) in [6.45, 7) is 1.48. The molecule has 1 aromatic rings. The number of hydrogen-bond acceptors (Lipinski definition) is 3. The smallest absolute Gasteiger partial charge is 0.134 e. The van der Waals surface area contributed by atoms with Gasteiger partial charge in [0.25, 0.3) is 0 Å². The minimum Gasteiger partial charge on any atom is -0.244 e. The highest BCUT2D eigenvalue weighted by Crippen LogP contribution is 2.11. The average Bonchev–Trinajstić information content (AvgIpc) is 2.33. The molecule has 0 bridgehead atoms. The number of hydrogen-bond donors (Lipinski definition) is 0. The molecule has 0 fully saturated rings. The summed E-state index contributed by atoms with van der Waals surface area (Å²) < 4.78 is 15.5. The number of rotatable bonds is 2.